The van der Waals surface area contributed by atoms with Crippen LogP contribution in [-0.2, 0) is 0 Å². The Morgan fingerprint density at radius 2 is 2.04 bits per heavy atom. The Kier molecular flexibility index (Phi) is 4.95. The lowest BCUT2D eigenvalue weighted by molar-refractivity contribution is 0.103. The predicted octanol–water partition coefficient (Wildman–Crippen LogP) is 4.19. The van der Waals surface area contributed by atoms with Crippen LogP contribution in [0.5, 0.6) is 5.75 Å². The van der Waals surface area contributed by atoms with Crippen LogP contribution in [0.4, 0.5) is 0 Å². The third kappa shape index (κ3) is 3.53. The molecule has 0 bridgehead atoms. The molecule has 0 saturated heterocycles. The summed E-state index contributed by atoms with van der Waals surface area (Å²) in [6.07, 6.45) is 1.60. The minimum absolute atomic E-state index is 0.0554. The number of Topliss-reactive ketones (excluding diaryl/α,β-unsaturated/α-hetero) is 1. The van der Waals surface area contributed by atoms with E-state index in [0.717, 1.165) is 17.0 Å². The highest BCUT2D eigenvalue weighted by Gasteiger charge is 2.17. The first kappa shape index (κ1) is 18.2. The lowest BCUT2D eigenvalue weighted by atomic mass is 10.0. The second-order valence-electron chi connectivity index (χ2n) is 6.19. The third-order valence-electron chi connectivity index (χ3n) is 4.31. The topological polar surface area (TPSA) is 81.0 Å². The van der Waals surface area contributed by atoms with E-state index in [-0.39, 0.29) is 11.4 Å². The summed E-state index contributed by atoms with van der Waals surface area (Å²) < 4.78 is 12.2. The van der Waals surface area contributed by atoms with Gasteiger partial charge in [0, 0.05) is 23.0 Å². The van der Waals surface area contributed by atoms with Gasteiger partial charge in [0.25, 0.3) is 0 Å². The molecular formula is C21H19N3O3. The van der Waals surface area contributed by atoms with Gasteiger partial charge in [0.2, 0.25) is 5.78 Å². The van der Waals surface area contributed by atoms with Gasteiger partial charge in [-0.3, -0.25) is 9.36 Å². The number of hydrogen-bond donors (Lipinski definition) is 0. The minimum Gasteiger partial charge on any atom is -0.497 e. The summed E-state index contributed by atoms with van der Waals surface area (Å²) in [5, 5.41) is 13.6. The van der Waals surface area contributed by atoms with Crippen molar-refractivity contribution in [3.63, 3.8) is 0 Å². The number of nitriles is 1. The largest absolute Gasteiger partial charge is 0.497 e. The van der Waals surface area contributed by atoms with Crippen LogP contribution in [0.15, 0.2) is 46.5 Å². The van der Waals surface area contributed by atoms with Gasteiger partial charge in [0.05, 0.1) is 7.11 Å². The summed E-state index contributed by atoms with van der Waals surface area (Å²) >= 11 is 0. The lowest BCUT2D eigenvalue weighted by Gasteiger charge is -2.05. The number of carbonyl (C=O) groups is 1. The molecule has 0 saturated carbocycles. The molecule has 0 spiro atoms. The van der Waals surface area contributed by atoms with Crippen molar-refractivity contribution in [2.24, 2.45) is 0 Å². The van der Waals surface area contributed by atoms with Gasteiger partial charge in [-0.2, -0.15) is 5.26 Å². The number of nitrogens with zero attached hydrogens (tertiary/aromatic N) is 3. The molecule has 3 aromatic rings. The Hall–Kier alpha value is -3.59. The molecule has 0 aliphatic carbocycles. The summed E-state index contributed by atoms with van der Waals surface area (Å²) in [5.74, 6) is 1.59. The lowest BCUT2D eigenvalue weighted by Crippen LogP contribution is -2.03. The average molecular weight is 361 g/mol. The van der Waals surface area contributed by atoms with Crippen molar-refractivity contribution in [1.82, 2.24) is 9.72 Å². The van der Waals surface area contributed by atoms with Gasteiger partial charge in [0.1, 0.15) is 23.2 Å². The average Bonchev–Trinajstić information content (AvgIpc) is 3.21. The molecule has 0 atom stereocenters. The third-order valence-corrected chi connectivity index (χ3v) is 4.31. The van der Waals surface area contributed by atoms with E-state index in [4.69, 9.17) is 9.26 Å². The molecular weight excluding hydrogens is 342 g/mol. The molecule has 0 unspecified atom stereocenters. The number of methoxy groups -OCH3 is 1. The van der Waals surface area contributed by atoms with Gasteiger partial charge < -0.3 is 9.26 Å². The molecule has 3 rings (SSSR count). The maximum atomic E-state index is 12.7. The highest BCUT2D eigenvalue weighted by atomic mass is 16.5. The maximum Gasteiger partial charge on any atom is 0.203 e. The van der Waals surface area contributed by atoms with E-state index >= 15 is 0 Å². The SMILES string of the molecule is COc1cccc(C(=O)/C(C#N)=C/c2cc(C)n(-c3cc(C)on3)c2C)c1. The van der Waals surface area contributed by atoms with Crippen molar-refractivity contribution in [1.29, 1.82) is 5.26 Å². The summed E-state index contributed by atoms with van der Waals surface area (Å²) in [4.78, 5) is 12.7. The molecule has 0 aliphatic rings. The first-order valence-electron chi connectivity index (χ1n) is 8.37. The number of carbonyl (C=O) groups excluding carboxylic acids is 1. The van der Waals surface area contributed by atoms with Crippen molar-refractivity contribution in [3.8, 4) is 17.6 Å². The Bertz CT molecular complexity index is 1080. The van der Waals surface area contributed by atoms with Crippen molar-refractivity contribution >= 4 is 11.9 Å². The monoisotopic (exact) mass is 361 g/mol. The number of aryl methyl sites for hydroxylation is 2. The van der Waals surface area contributed by atoms with Crippen LogP contribution in [0.1, 0.15) is 33.1 Å². The Labute approximate surface area is 157 Å². The molecule has 2 aromatic heterocycles. The number of benzene rings is 1. The number of hydrogen-bond acceptors (Lipinski definition) is 5. The number of rotatable bonds is 5. The molecule has 0 amide bonds. The van der Waals surface area contributed by atoms with Crippen LogP contribution < -0.4 is 4.74 Å². The number of aromatic nitrogens is 2. The predicted molar refractivity (Wildman–Crippen MR) is 101 cm³/mol. The van der Waals surface area contributed by atoms with E-state index in [9.17, 15) is 10.1 Å². The number of ether oxygens (including phenoxy) is 1. The smallest absolute Gasteiger partial charge is 0.203 e. The van der Waals surface area contributed by atoms with Crippen molar-refractivity contribution in [2.75, 3.05) is 7.11 Å². The van der Waals surface area contributed by atoms with E-state index < -0.39 is 0 Å². The standard InChI is InChI=1S/C21H19N3O3/c1-13-8-17(15(3)24(13)20-9-14(2)27-23-20)10-18(12-22)21(25)16-6-5-7-19(11-16)26-4/h5-11H,1-4H3/b18-10+. The van der Waals surface area contributed by atoms with E-state index in [2.05, 4.69) is 5.16 Å². The Morgan fingerprint density at radius 1 is 1.26 bits per heavy atom. The highest BCUT2D eigenvalue weighted by Crippen LogP contribution is 2.24. The number of allylic oxidation sites excluding steroid dienone is 1. The van der Waals surface area contributed by atoms with E-state index in [1.807, 2.05) is 43.5 Å². The Balaban J connectivity index is 2.01. The fraction of sp³-hybridized carbons (Fsp3) is 0.190. The molecule has 0 fully saturated rings. The van der Waals surface area contributed by atoms with Crippen LogP contribution >= 0.6 is 0 Å². The van der Waals surface area contributed by atoms with E-state index in [1.54, 1.807) is 30.3 Å². The fourth-order valence-electron chi connectivity index (χ4n) is 2.97. The van der Waals surface area contributed by atoms with Crippen molar-refractivity contribution < 1.29 is 14.1 Å². The summed E-state index contributed by atoms with van der Waals surface area (Å²) in [6, 6.07) is 12.5. The summed E-state index contributed by atoms with van der Waals surface area (Å²) in [6.45, 7) is 5.67. The zero-order chi connectivity index (χ0) is 19.6. The molecule has 0 aliphatic heterocycles. The maximum absolute atomic E-state index is 12.7. The van der Waals surface area contributed by atoms with E-state index in [1.165, 1.54) is 7.11 Å². The second-order valence-corrected chi connectivity index (χ2v) is 6.19. The van der Waals surface area contributed by atoms with Gasteiger partial charge in [-0.25, -0.2) is 0 Å². The van der Waals surface area contributed by atoms with Gasteiger partial charge in [-0.05, 0) is 50.6 Å². The molecule has 0 radical (unpaired) electrons. The quantitative estimate of drug-likeness (QED) is 0.387. The van der Waals surface area contributed by atoms with Gasteiger partial charge in [-0.15, -0.1) is 0 Å². The zero-order valence-electron chi connectivity index (χ0n) is 15.6. The fourth-order valence-corrected chi connectivity index (χ4v) is 2.97. The summed E-state index contributed by atoms with van der Waals surface area (Å²) in [7, 11) is 1.53. The van der Waals surface area contributed by atoms with Crippen LogP contribution in [0, 0.1) is 32.1 Å². The minimum atomic E-state index is -0.349. The first-order chi connectivity index (χ1) is 12.9. The van der Waals surface area contributed by atoms with Crippen molar-refractivity contribution in [3.05, 3.63) is 70.2 Å². The highest BCUT2D eigenvalue weighted by molar-refractivity contribution is 6.14. The van der Waals surface area contributed by atoms with Crippen LogP contribution in [-0.4, -0.2) is 22.6 Å². The van der Waals surface area contributed by atoms with Gasteiger partial charge >= 0.3 is 0 Å². The first-order valence-corrected chi connectivity index (χ1v) is 8.37. The van der Waals surface area contributed by atoms with Gasteiger partial charge in [0.15, 0.2) is 5.82 Å². The molecule has 136 valence electrons. The zero-order valence-corrected chi connectivity index (χ0v) is 15.6. The molecule has 27 heavy (non-hydrogen) atoms. The molecule has 6 heteroatoms. The second kappa shape index (κ2) is 7.34. The normalized spacial score (nSPS) is 11.3. The Morgan fingerprint density at radius 3 is 2.67 bits per heavy atom. The summed E-state index contributed by atoms with van der Waals surface area (Å²) in [5.41, 5.74) is 3.04. The van der Waals surface area contributed by atoms with Gasteiger partial charge in [-0.1, -0.05) is 17.3 Å². The molecule has 2 heterocycles. The van der Waals surface area contributed by atoms with Crippen LogP contribution in [0.2, 0.25) is 0 Å². The molecule has 6 nitrogen and oxygen atoms in total. The van der Waals surface area contributed by atoms with Crippen LogP contribution in [0.25, 0.3) is 11.9 Å². The van der Waals surface area contributed by atoms with Crippen LogP contribution in [0.3, 0.4) is 0 Å². The van der Waals surface area contributed by atoms with Crippen molar-refractivity contribution in [2.45, 2.75) is 20.8 Å². The molecule has 1 aromatic carbocycles. The number of ketones is 1. The van der Waals surface area contributed by atoms with E-state index in [0.29, 0.717) is 22.9 Å². The molecule has 0 N–H and O–H groups in total.